The predicted molar refractivity (Wildman–Crippen MR) is 389 cm³/mol. The summed E-state index contributed by atoms with van der Waals surface area (Å²) in [6, 6.07) is 69.2. The molecule has 0 atom stereocenters. The molecule has 436 valence electrons. The number of hydrogen-bond acceptors (Lipinski definition) is 3. The molecule has 0 amide bonds. The van der Waals surface area contributed by atoms with E-state index in [1.54, 1.807) is 41.3 Å². The van der Waals surface area contributed by atoms with Crippen molar-refractivity contribution in [1.82, 2.24) is 4.57 Å². The van der Waals surface area contributed by atoms with E-state index in [-0.39, 0.29) is 51.7 Å². The summed E-state index contributed by atoms with van der Waals surface area (Å²) >= 11 is 0. The van der Waals surface area contributed by atoms with Gasteiger partial charge in [0, 0.05) is 67.5 Å². The molecule has 13 aromatic carbocycles. The Morgan fingerprint density at radius 1 is 0.330 bits per heavy atom. The summed E-state index contributed by atoms with van der Waals surface area (Å²) in [5, 5.41) is 0.618. The third-order valence-electron chi connectivity index (χ3n) is 17.9. The number of fused-ring (bicyclic) bond motifs is 7. The molecule has 3 heterocycles. The maximum atomic E-state index is 9.94. The Balaban J connectivity index is 1.03. The molecular weight excluding hydrogens is 1100 g/mol. The van der Waals surface area contributed by atoms with E-state index in [0.717, 1.165) is 89.3 Å². The molecule has 0 fully saturated rings. The summed E-state index contributed by atoms with van der Waals surface area (Å²) in [7, 11) is 0. The predicted octanol–water partition coefficient (Wildman–Crippen LogP) is 21.6. The highest BCUT2D eigenvalue weighted by Gasteiger charge is 2.45. The lowest BCUT2D eigenvalue weighted by molar-refractivity contribution is 0.590. The van der Waals surface area contributed by atoms with Gasteiger partial charge in [0.2, 0.25) is 0 Å². The molecule has 4 nitrogen and oxygen atoms in total. The second-order valence-corrected chi connectivity index (χ2v) is 25.6. The molecule has 16 rings (SSSR count). The molecule has 0 bridgehead atoms. The molecule has 0 saturated carbocycles. The molecule has 1 aromatic heterocycles. The average molecular weight is 1180 g/mol. The van der Waals surface area contributed by atoms with Gasteiger partial charge >= 0.3 is 0 Å². The zero-order chi connectivity index (χ0) is 73.7. The summed E-state index contributed by atoms with van der Waals surface area (Å²) in [6.45, 7) is 12.7. The monoisotopic (exact) mass is 1180 g/mol. The molecule has 0 N–H and O–H groups in total. The standard InChI is InChI=1S/C86H69BN4/c1-85(2,3)65-42-47-78(73(53-65)61-33-19-10-20-34-61)91-81-57-70(89-77-40-26-25-39-72(77)74-56-69(44-48-79(74)89)88(67-35-21-11-22-36-67)68-37-23-12-24-38-68)43-46-76(81)87-75-45-41-62(58-27-13-7-14-28-58)52-80(75)90(82-54-66(86(4,5)6)55-83(91)84(82)87)71-50-63(59-29-15-8-16-30-59)49-64(51-71)60-31-17-9-18-32-60/h7-57H,1-6H3/i7D,11D,13D,14D,21D,22D,25D,26D,27D,28D,35D,36D,39D,40D. The van der Waals surface area contributed by atoms with Gasteiger partial charge in [-0.2, -0.15) is 0 Å². The zero-order valence-corrected chi connectivity index (χ0v) is 51.2. The first-order valence-corrected chi connectivity index (χ1v) is 30.8. The smallest absolute Gasteiger partial charge is 0.252 e. The maximum absolute atomic E-state index is 9.94. The van der Waals surface area contributed by atoms with Crippen LogP contribution in [0.3, 0.4) is 0 Å². The summed E-state index contributed by atoms with van der Waals surface area (Å²) < 4.78 is 130. The zero-order valence-electron chi connectivity index (χ0n) is 65.2. The van der Waals surface area contributed by atoms with Crippen LogP contribution >= 0.6 is 0 Å². The Labute approximate surface area is 555 Å². The number of para-hydroxylation sites is 3. The van der Waals surface area contributed by atoms with Gasteiger partial charge < -0.3 is 19.3 Å². The van der Waals surface area contributed by atoms with Crippen LogP contribution in [0.15, 0.2) is 309 Å². The number of nitrogens with zero attached hydrogens (tertiary/aromatic N) is 4. The van der Waals surface area contributed by atoms with Gasteiger partial charge in [0.15, 0.2) is 0 Å². The van der Waals surface area contributed by atoms with E-state index >= 15 is 0 Å². The Kier molecular flexibility index (Phi) is 10.2. The summed E-state index contributed by atoms with van der Waals surface area (Å²) in [6.07, 6.45) is 0. The lowest BCUT2D eigenvalue weighted by Crippen LogP contribution is -2.61. The van der Waals surface area contributed by atoms with Crippen molar-refractivity contribution in [3.8, 4) is 50.2 Å². The van der Waals surface area contributed by atoms with Crippen LogP contribution in [0.25, 0.3) is 72.0 Å². The van der Waals surface area contributed by atoms with E-state index in [9.17, 15) is 11.0 Å². The van der Waals surface area contributed by atoms with Crippen molar-refractivity contribution < 1.29 is 19.2 Å². The van der Waals surface area contributed by atoms with Crippen LogP contribution in [-0.4, -0.2) is 11.3 Å². The van der Waals surface area contributed by atoms with E-state index in [2.05, 4.69) is 148 Å². The third-order valence-corrected chi connectivity index (χ3v) is 17.9. The van der Waals surface area contributed by atoms with Crippen molar-refractivity contribution in [2.24, 2.45) is 0 Å². The fraction of sp³-hybridized carbons (Fsp3) is 0.0930. The minimum Gasteiger partial charge on any atom is -0.311 e. The van der Waals surface area contributed by atoms with Gasteiger partial charge in [-0.05, 0) is 186 Å². The van der Waals surface area contributed by atoms with Crippen molar-refractivity contribution in [3.05, 3.63) is 320 Å². The Morgan fingerprint density at radius 3 is 1.55 bits per heavy atom. The normalized spacial score (nSPS) is 14.8. The van der Waals surface area contributed by atoms with Crippen molar-refractivity contribution in [3.63, 3.8) is 0 Å². The molecule has 0 radical (unpaired) electrons. The Hall–Kier alpha value is -10.9. The lowest BCUT2D eigenvalue weighted by Gasteiger charge is -2.46. The molecule has 91 heavy (non-hydrogen) atoms. The van der Waals surface area contributed by atoms with Crippen LogP contribution in [0.4, 0.5) is 51.2 Å². The third kappa shape index (κ3) is 9.71. The molecule has 0 aliphatic carbocycles. The maximum Gasteiger partial charge on any atom is 0.252 e. The van der Waals surface area contributed by atoms with Gasteiger partial charge in [0.1, 0.15) is 0 Å². The number of rotatable bonds is 10. The number of anilines is 9. The van der Waals surface area contributed by atoms with Gasteiger partial charge in [-0.1, -0.05) is 241 Å². The average Bonchev–Trinajstić information content (AvgIpc) is 1.03. The minimum atomic E-state index is -0.562. The molecule has 0 saturated heterocycles. The van der Waals surface area contributed by atoms with Crippen molar-refractivity contribution in [2.75, 3.05) is 14.7 Å². The molecule has 2 aliphatic rings. The van der Waals surface area contributed by atoms with E-state index in [4.69, 9.17) is 8.22 Å². The summed E-state index contributed by atoms with van der Waals surface area (Å²) in [5.41, 5.74) is 17.2. The molecule has 0 spiro atoms. The first-order valence-electron chi connectivity index (χ1n) is 37.8. The van der Waals surface area contributed by atoms with Crippen LogP contribution in [-0.2, 0) is 10.8 Å². The van der Waals surface area contributed by atoms with Gasteiger partial charge in [-0.15, -0.1) is 0 Å². The second kappa shape index (κ2) is 22.0. The summed E-state index contributed by atoms with van der Waals surface area (Å²) in [5.74, 6) is 0. The Morgan fingerprint density at radius 2 is 0.901 bits per heavy atom. The number of benzene rings is 13. The molecular formula is C86H69BN4. The highest BCUT2D eigenvalue weighted by Crippen LogP contribution is 2.51. The van der Waals surface area contributed by atoms with E-state index in [0.29, 0.717) is 39.2 Å². The van der Waals surface area contributed by atoms with Crippen LogP contribution in [0.5, 0.6) is 0 Å². The first kappa shape index (κ1) is 42.1. The van der Waals surface area contributed by atoms with Crippen LogP contribution in [0.2, 0.25) is 0 Å². The topological polar surface area (TPSA) is 14.7 Å². The second-order valence-electron chi connectivity index (χ2n) is 25.6. The van der Waals surface area contributed by atoms with Crippen molar-refractivity contribution in [1.29, 1.82) is 0 Å². The SMILES string of the molecule is [2H]c1c([2H])c([2H])c(-c2ccc3c(c2)N(c2cc(-c4ccccc4)cc(-c4ccccc4)c2)c2cc(C(C)(C)C)cc4c2B3c2ccc(-n3c5ccc(N(c6ccccc6)c6c([2H])c([2H])c([2H])c([2H])c6[2H])cc5c5c([2H])c([2H])c([2H])c([2H])c53)cc2N4c2ccc(C(C)(C)C)cc2-c2ccccc2)c([2H])c1[2H]. The fourth-order valence-corrected chi connectivity index (χ4v) is 13.5. The molecule has 14 aromatic rings. The van der Waals surface area contributed by atoms with Gasteiger partial charge in [-0.25, -0.2) is 0 Å². The fourth-order valence-electron chi connectivity index (χ4n) is 13.5. The molecule has 2 aliphatic heterocycles. The summed E-state index contributed by atoms with van der Waals surface area (Å²) in [4.78, 5) is 6.25. The highest BCUT2D eigenvalue weighted by atomic mass is 15.2. The first-order chi connectivity index (χ1) is 50.2. The minimum absolute atomic E-state index is 0.0619. The van der Waals surface area contributed by atoms with E-state index in [1.165, 1.54) is 0 Å². The number of aromatic nitrogens is 1. The number of hydrogen-bond donors (Lipinski definition) is 0. The quantitative estimate of drug-likeness (QED) is 0.127. The van der Waals surface area contributed by atoms with Gasteiger partial charge in [-0.3, -0.25) is 0 Å². The largest absolute Gasteiger partial charge is 0.311 e. The van der Waals surface area contributed by atoms with Gasteiger partial charge in [0.05, 0.1) is 35.9 Å². The molecule has 0 unspecified atom stereocenters. The van der Waals surface area contributed by atoms with Gasteiger partial charge in [0.25, 0.3) is 6.71 Å². The van der Waals surface area contributed by atoms with Crippen LogP contribution in [0.1, 0.15) is 71.9 Å². The van der Waals surface area contributed by atoms with Crippen molar-refractivity contribution >= 4 is 96.1 Å². The Bertz CT molecular complexity index is 5840. The molecule has 5 heteroatoms. The van der Waals surface area contributed by atoms with E-state index < -0.39 is 72.6 Å². The van der Waals surface area contributed by atoms with Crippen LogP contribution in [0, 0.1) is 0 Å². The highest BCUT2D eigenvalue weighted by molar-refractivity contribution is 7.00. The van der Waals surface area contributed by atoms with Crippen molar-refractivity contribution in [2.45, 2.75) is 52.4 Å². The van der Waals surface area contributed by atoms with E-state index in [1.807, 2.05) is 95.6 Å². The lowest BCUT2D eigenvalue weighted by atomic mass is 9.33. The van der Waals surface area contributed by atoms with Crippen LogP contribution < -0.4 is 31.1 Å².